The zero-order chi connectivity index (χ0) is 22.2. The van der Waals surface area contributed by atoms with Crippen LogP contribution in [0, 0.1) is 0 Å². The molecule has 0 bridgehead atoms. The van der Waals surface area contributed by atoms with Crippen molar-refractivity contribution < 1.29 is 9.84 Å². The van der Waals surface area contributed by atoms with Gasteiger partial charge in [0.2, 0.25) is 0 Å². The Labute approximate surface area is 187 Å². The number of rotatable bonds is 4. The number of aliphatic hydroxyl groups excluding tert-OH is 1. The van der Waals surface area contributed by atoms with E-state index in [1.54, 1.807) is 18.0 Å². The van der Waals surface area contributed by atoms with Crippen molar-refractivity contribution in [3.05, 3.63) is 69.8 Å². The highest BCUT2D eigenvalue weighted by Gasteiger charge is 2.27. The van der Waals surface area contributed by atoms with Crippen molar-refractivity contribution in [1.82, 2.24) is 9.55 Å². The Morgan fingerprint density at radius 2 is 1.97 bits per heavy atom. The van der Waals surface area contributed by atoms with Crippen LogP contribution in [0.25, 0.3) is 17.0 Å². The molecule has 0 spiro atoms. The molecule has 6 nitrogen and oxygen atoms in total. The smallest absolute Gasteiger partial charge is 0.261 e. The molecule has 2 atom stereocenters. The molecule has 1 fully saturated rings. The first-order valence-electron chi connectivity index (χ1n) is 11.3. The predicted molar refractivity (Wildman–Crippen MR) is 128 cm³/mol. The Kier molecular flexibility index (Phi) is 5.47. The first-order chi connectivity index (χ1) is 15.6. The third kappa shape index (κ3) is 3.58. The Morgan fingerprint density at radius 3 is 2.72 bits per heavy atom. The molecule has 1 aliphatic carbocycles. The third-order valence-electron chi connectivity index (χ3n) is 6.83. The van der Waals surface area contributed by atoms with Gasteiger partial charge in [0.25, 0.3) is 5.56 Å². The molecule has 2 aromatic carbocycles. The Bertz CT molecular complexity index is 1230. The summed E-state index contributed by atoms with van der Waals surface area (Å²) in [6, 6.07) is 9.85. The summed E-state index contributed by atoms with van der Waals surface area (Å²) in [6.07, 6.45) is 9.70. The van der Waals surface area contributed by atoms with Crippen molar-refractivity contribution in [2.75, 3.05) is 25.6 Å². The lowest BCUT2D eigenvalue weighted by Crippen LogP contribution is -2.35. The first kappa shape index (κ1) is 20.8. The lowest BCUT2D eigenvalue weighted by molar-refractivity contribution is 0.0735. The minimum Gasteiger partial charge on any atom is -0.497 e. The number of anilines is 1. The van der Waals surface area contributed by atoms with Crippen molar-refractivity contribution >= 4 is 22.7 Å². The number of fused-ring (bicyclic) bond motifs is 3. The molecule has 2 aliphatic rings. The van der Waals surface area contributed by atoms with Gasteiger partial charge in [0.15, 0.2) is 0 Å². The Hall–Kier alpha value is -3.12. The molecule has 2 heterocycles. The van der Waals surface area contributed by atoms with Crippen LogP contribution in [0.2, 0.25) is 0 Å². The topological polar surface area (TPSA) is 67.6 Å². The van der Waals surface area contributed by atoms with E-state index in [4.69, 9.17) is 9.72 Å². The molecule has 1 saturated carbocycles. The van der Waals surface area contributed by atoms with Crippen LogP contribution in [0.1, 0.15) is 48.4 Å². The van der Waals surface area contributed by atoms with Gasteiger partial charge < -0.3 is 14.7 Å². The lowest BCUT2D eigenvalue weighted by Gasteiger charge is -2.30. The van der Waals surface area contributed by atoms with E-state index in [1.807, 2.05) is 25.2 Å². The number of methoxy groups -OCH3 is 1. The van der Waals surface area contributed by atoms with E-state index >= 15 is 0 Å². The number of benzene rings is 2. The van der Waals surface area contributed by atoms with Gasteiger partial charge in [-0.2, -0.15) is 0 Å². The molecule has 5 rings (SSSR count). The second-order valence-electron chi connectivity index (χ2n) is 8.88. The van der Waals surface area contributed by atoms with Gasteiger partial charge in [-0.1, -0.05) is 37.1 Å². The number of ether oxygens (including phenoxy) is 1. The van der Waals surface area contributed by atoms with E-state index in [9.17, 15) is 9.90 Å². The maximum atomic E-state index is 13.6. The molecular weight excluding hydrogens is 402 g/mol. The van der Waals surface area contributed by atoms with Gasteiger partial charge in [-0.15, -0.1) is 0 Å². The summed E-state index contributed by atoms with van der Waals surface area (Å²) in [6.45, 7) is 0.778. The van der Waals surface area contributed by atoms with Crippen LogP contribution in [0.4, 0.5) is 5.69 Å². The molecule has 1 aromatic heterocycles. The quantitative estimate of drug-likeness (QED) is 0.678. The summed E-state index contributed by atoms with van der Waals surface area (Å²) >= 11 is 0. The number of hydrogen-bond donors (Lipinski definition) is 1. The highest BCUT2D eigenvalue weighted by molar-refractivity contribution is 5.97. The minimum absolute atomic E-state index is 0.0670. The second-order valence-corrected chi connectivity index (χ2v) is 8.88. The molecular formula is C26H29N3O3. The van der Waals surface area contributed by atoms with Gasteiger partial charge in [0, 0.05) is 19.2 Å². The summed E-state index contributed by atoms with van der Waals surface area (Å²) < 4.78 is 6.95. The molecule has 166 valence electrons. The monoisotopic (exact) mass is 431 g/mol. The highest BCUT2D eigenvalue weighted by Crippen LogP contribution is 2.36. The van der Waals surface area contributed by atoms with E-state index in [-0.39, 0.29) is 11.6 Å². The normalized spacial score (nSPS) is 20.4. The molecule has 1 aliphatic heterocycles. The molecule has 1 N–H and O–H groups in total. The summed E-state index contributed by atoms with van der Waals surface area (Å²) in [7, 11) is 3.70. The van der Waals surface area contributed by atoms with E-state index in [2.05, 4.69) is 29.2 Å². The summed E-state index contributed by atoms with van der Waals surface area (Å²) in [5.41, 5.74) is 5.04. The van der Waals surface area contributed by atoms with Gasteiger partial charge >= 0.3 is 0 Å². The second kappa shape index (κ2) is 8.43. The highest BCUT2D eigenvalue weighted by atomic mass is 16.5. The molecule has 32 heavy (non-hydrogen) atoms. The van der Waals surface area contributed by atoms with Crippen molar-refractivity contribution in [3.8, 4) is 5.75 Å². The van der Waals surface area contributed by atoms with Crippen LogP contribution in [0.15, 0.2) is 47.5 Å². The lowest BCUT2D eigenvalue weighted by atomic mass is 9.91. The van der Waals surface area contributed by atoms with Gasteiger partial charge in [-0.3, -0.25) is 9.36 Å². The summed E-state index contributed by atoms with van der Waals surface area (Å²) in [4.78, 5) is 20.5. The van der Waals surface area contributed by atoms with Crippen molar-refractivity contribution in [2.24, 2.45) is 0 Å². The Balaban J connectivity index is 1.66. The van der Waals surface area contributed by atoms with E-state index in [0.29, 0.717) is 11.8 Å². The Morgan fingerprint density at radius 1 is 1.19 bits per heavy atom. The fraction of sp³-hybridized carbons (Fsp3) is 0.385. The first-order valence-corrected chi connectivity index (χ1v) is 11.3. The van der Waals surface area contributed by atoms with Crippen molar-refractivity contribution in [1.29, 1.82) is 0 Å². The van der Waals surface area contributed by atoms with Crippen LogP contribution in [-0.4, -0.2) is 41.5 Å². The largest absolute Gasteiger partial charge is 0.497 e. The van der Waals surface area contributed by atoms with Crippen LogP contribution >= 0.6 is 0 Å². The van der Waals surface area contributed by atoms with E-state index in [1.165, 1.54) is 0 Å². The molecule has 3 aromatic rings. The van der Waals surface area contributed by atoms with Crippen molar-refractivity contribution in [3.63, 3.8) is 0 Å². The maximum Gasteiger partial charge on any atom is 0.261 e. The number of nitrogens with zero attached hydrogens (tertiary/aromatic N) is 3. The standard InChI is InChI=1S/C26H29N3O3/c1-28-13-5-6-20-18(14-17-9-11-19(32-2)12-10-17)15-21-24(25(20)28)27-16-29(26(21)31)22-7-3-4-8-23(22)30/h5-6,9-12,15-16,22-23,30H,3-4,7-8,13-14H2,1-2H3. The third-order valence-corrected chi connectivity index (χ3v) is 6.83. The van der Waals surface area contributed by atoms with Crippen LogP contribution in [0.5, 0.6) is 5.75 Å². The summed E-state index contributed by atoms with van der Waals surface area (Å²) in [5.74, 6) is 0.826. The van der Waals surface area contributed by atoms with Crippen molar-refractivity contribution in [2.45, 2.75) is 44.2 Å². The molecule has 6 heteroatoms. The van der Waals surface area contributed by atoms with Crippen LogP contribution in [-0.2, 0) is 6.42 Å². The predicted octanol–water partition coefficient (Wildman–Crippen LogP) is 3.93. The van der Waals surface area contributed by atoms with Gasteiger partial charge in [-0.05, 0) is 48.6 Å². The SMILES string of the molecule is COc1ccc(Cc2cc3c(=O)n(C4CCCCC4O)cnc3c3c2C=CCN3C)cc1. The number of likely N-dealkylation sites (N-methyl/N-ethyl adjacent to an activating group) is 1. The number of hydrogen-bond acceptors (Lipinski definition) is 5. The van der Waals surface area contributed by atoms with Gasteiger partial charge in [0.05, 0.1) is 36.7 Å². The molecule has 0 radical (unpaired) electrons. The number of aromatic nitrogens is 2. The van der Waals surface area contributed by atoms with Crippen LogP contribution in [0.3, 0.4) is 0 Å². The molecule has 0 saturated heterocycles. The fourth-order valence-electron chi connectivity index (χ4n) is 5.09. The van der Waals surface area contributed by atoms with Crippen LogP contribution < -0.4 is 15.2 Å². The zero-order valence-electron chi connectivity index (χ0n) is 18.6. The number of aliphatic hydroxyl groups is 1. The average molecular weight is 432 g/mol. The van der Waals surface area contributed by atoms with Gasteiger partial charge in [0.1, 0.15) is 11.3 Å². The summed E-state index contributed by atoms with van der Waals surface area (Å²) in [5, 5.41) is 11.2. The maximum absolute atomic E-state index is 13.6. The molecule has 0 amide bonds. The zero-order valence-corrected chi connectivity index (χ0v) is 18.6. The average Bonchev–Trinajstić information content (AvgIpc) is 2.81. The minimum atomic E-state index is -0.497. The fourth-order valence-corrected chi connectivity index (χ4v) is 5.09. The van der Waals surface area contributed by atoms with E-state index < -0.39 is 6.10 Å². The molecule has 2 unspecified atom stereocenters. The van der Waals surface area contributed by atoms with E-state index in [0.717, 1.165) is 65.9 Å². The van der Waals surface area contributed by atoms with Gasteiger partial charge in [-0.25, -0.2) is 4.98 Å².